The zero-order valence-electron chi connectivity index (χ0n) is 10.5. The lowest BCUT2D eigenvalue weighted by molar-refractivity contribution is 0.303. The number of halogens is 1. The van der Waals surface area contributed by atoms with Crippen LogP contribution in [0.5, 0.6) is 0 Å². The Morgan fingerprint density at radius 1 is 1.07 bits per heavy atom. The van der Waals surface area contributed by atoms with Gasteiger partial charge in [-0.1, -0.05) is 0 Å². The first-order valence-electron chi connectivity index (χ1n) is 6.05. The molecule has 0 spiro atoms. The summed E-state index contributed by atoms with van der Waals surface area (Å²) >= 11 is 0. The van der Waals surface area contributed by atoms with Crippen molar-refractivity contribution in [2.45, 2.75) is 51.4 Å². The summed E-state index contributed by atoms with van der Waals surface area (Å²) in [5.74, 6) is 0. The molecule has 2 nitrogen and oxygen atoms in total. The molecule has 0 bridgehead atoms. The molecule has 3 heteroatoms. The molecule has 0 aliphatic carbocycles. The van der Waals surface area contributed by atoms with Crippen molar-refractivity contribution in [3.8, 4) is 0 Å². The van der Waals surface area contributed by atoms with Crippen molar-refractivity contribution in [2.24, 2.45) is 0 Å². The van der Waals surface area contributed by atoms with Crippen LogP contribution >= 0.6 is 0 Å². The average Bonchev–Trinajstić information content (AvgIpc) is 2.63. The van der Waals surface area contributed by atoms with Gasteiger partial charge in [0.15, 0.2) is 0 Å². The van der Waals surface area contributed by atoms with Crippen molar-refractivity contribution in [1.82, 2.24) is 9.80 Å². The summed E-state index contributed by atoms with van der Waals surface area (Å²) in [4.78, 5) is 4.45. The predicted molar refractivity (Wildman–Crippen MR) is 62.9 cm³/mol. The van der Waals surface area contributed by atoms with Crippen LogP contribution in [0.2, 0.25) is 0 Å². The predicted octanol–water partition coefficient (Wildman–Crippen LogP) is 2.15. The van der Waals surface area contributed by atoms with Gasteiger partial charge in [0, 0.05) is 18.6 Å². The van der Waals surface area contributed by atoms with E-state index in [-0.39, 0.29) is 0 Å². The number of hydrogen-bond donors (Lipinski definition) is 0. The Bertz CT molecular complexity index is 168. The van der Waals surface area contributed by atoms with E-state index in [2.05, 4.69) is 25.8 Å². The van der Waals surface area contributed by atoms with Gasteiger partial charge in [0.1, 0.15) is 6.17 Å². The second-order valence-electron chi connectivity index (χ2n) is 5.09. The summed E-state index contributed by atoms with van der Waals surface area (Å²) in [5, 5.41) is 0. The van der Waals surface area contributed by atoms with Gasteiger partial charge < -0.3 is 9.80 Å². The van der Waals surface area contributed by atoms with Crippen molar-refractivity contribution in [3.05, 3.63) is 0 Å². The third-order valence-corrected chi connectivity index (χ3v) is 3.72. The highest BCUT2D eigenvalue weighted by Crippen LogP contribution is 2.16. The lowest BCUT2D eigenvalue weighted by Gasteiger charge is -2.12. The van der Waals surface area contributed by atoms with E-state index in [4.69, 9.17) is 0 Å². The molecule has 3 unspecified atom stereocenters. The molecule has 15 heavy (non-hydrogen) atoms. The van der Waals surface area contributed by atoms with Gasteiger partial charge in [-0.05, 0) is 53.8 Å². The maximum Gasteiger partial charge on any atom is 0.114 e. The van der Waals surface area contributed by atoms with Crippen molar-refractivity contribution in [2.75, 3.05) is 27.2 Å². The van der Waals surface area contributed by atoms with Gasteiger partial charge in [0.05, 0.1) is 0 Å². The van der Waals surface area contributed by atoms with E-state index in [9.17, 15) is 4.39 Å². The molecule has 0 radical (unpaired) electrons. The molecule has 0 amide bonds. The topological polar surface area (TPSA) is 6.48 Å². The van der Waals surface area contributed by atoms with E-state index in [1.165, 1.54) is 19.4 Å². The van der Waals surface area contributed by atoms with Crippen LogP contribution in [0.3, 0.4) is 0 Å². The molecule has 0 aromatic carbocycles. The Hall–Kier alpha value is -0.150. The fourth-order valence-electron chi connectivity index (χ4n) is 2.19. The van der Waals surface area contributed by atoms with Gasteiger partial charge in [0.25, 0.3) is 0 Å². The number of nitrogens with zero attached hydrogens (tertiary/aromatic N) is 2. The van der Waals surface area contributed by atoms with E-state index >= 15 is 0 Å². The van der Waals surface area contributed by atoms with Gasteiger partial charge >= 0.3 is 0 Å². The molecule has 3 atom stereocenters. The molecule has 2 heterocycles. The second kappa shape index (κ2) is 5.80. The molecular formula is C12H25FN2. The van der Waals surface area contributed by atoms with Crippen molar-refractivity contribution in [3.63, 3.8) is 0 Å². The Balaban J connectivity index is 0.000000151. The highest BCUT2D eigenvalue weighted by molar-refractivity contribution is 4.79. The summed E-state index contributed by atoms with van der Waals surface area (Å²) in [6, 6.07) is 1.30. The Labute approximate surface area is 93.4 Å². The van der Waals surface area contributed by atoms with Crippen LogP contribution in [0.15, 0.2) is 0 Å². The number of alkyl halides is 1. The molecule has 90 valence electrons. The normalized spacial score (nSPS) is 37.8. The van der Waals surface area contributed by atoms with Crippen LogP contribution in [0.1, 0.15) is 33.1 Å². The van der Waals surface area contributed by atoms with Crippen molar-refractivity contribution >= 4 is 0 Å². The van der Waals surface area contributed by atoms with Gasteiger partial charge in [0.2, 0.25) is 0 Å². The minimum Gasteiger partial charge on any atom is -0.304 e. The summed E-state index contributed by atoms with van der Waals surface area (Å²) in [6.45, 7) is 6.27. The molecule has 2 fully saturated rings. The number of likely N-dealkylation sites (tertiary alicyclic amines) is 2. The minimum absolute atomic E-state index is 0.449. The molecule has 2 saturated heterocycles. The molecule has 2 aliphatic heterocycles. The van der Waals surface area contributed by atoms with Crippen LogP contribution in [-0.2, 0) is 0 Å². The van der Waals surface area contributed by atoms with Crippen molar-refractivity contribution in [1.29, 1.82) is 0 Å². The highest BCUT2D eigenvalue weighted by Gasteiger charge is 2.24. The average molecular weight is 216 g/mol. The Kier molecular flexibility index (Phi) is 5.00. The summed E-state index contributed by atoms with van der Waals surface area (Å²) in [5.41, 5.74) is 0. The van der Waals surface area contributed by atoms with Gasteiger partial charge in [-0.25, -0.2) is 4.39 Å². The first-order valence-corrected chi connectivity index (χ1v) is 6.05. The van der Waals surface area contributed by atoms with Crippen LogP contribution in [-0.4, -0.2) is 55.2 Å². The number of hydrogen-bond acceptors (Lipinski definition) is 2. The second-order valence-corrected chi connectivity index (χ2v) is 5.09. The van der Waals surface area contributed by atoms with Crippen LogP contribution < -0.4 is 0 Å². The van der Waals surface area contributed by atoms with Crippen LogP contribution in [0.25, 0.3) is 0 Å². The standard InChI is InChI=1S/C6H12FN.C6H13N/c1-5-3-6(7)4-8(5)2;1-6-4-3-5-7(6)2/h5-6H,3-4H2,1-2H3;6H,3-5H2,1-2H3. The number of rotatable bonds is 0. The lowest BCUT2D eigenvalue weighted by atomic mass is 10.2. The first-order chi connectivity index (χ1) is 7.00. The summed E-state index contributed by atoms with van der Waals surface area (Å²) in [6.07, 6.45) is 2.94. The van der Waals surface area contributed by atoms with Gasteiger partial charge in [-0.15, -0.1) is 0 Å². The SMILES string of the molecule is CC1CC(F)CN1C.CC1CCCN1C. The van der Waals surface area contributed by atoms with E-state index in [0.29, 0.717) is 12.6 Å². The van der Waals surface area contributed by atoms with Crippen LogP contribution in [0.4, 0.5) is 4.39 Å². The van der Waals surface area contributed by atoms with E-state index in [1.807, 2.05) is 11.9 Å². The molecule has 0 N–H and O–H groups in total. The fraction of sp³-hybridized carbons (Fsp3) is 1.00. The molecule has 2 aliphatic rings. The molecule has 2 rings (SSSR count). The maximum absolute atomic E-state index is 12.4. The molecule has 0 aromatic rings. The van der Waals surface area contributed by atoms with Crippen LogP contribution in [0, 0.1) is 0 Å². The minimum atomic E-state index is -0.574. The highest BCUT2D eigenvalue weighted by atomic mass is 19.1. The lowest BCUT2D eigenvalue weighted by Crippen LogP contribution is -2.21. The molecule has 0 aromatic heterocycles. The Morgan fingerprint density at radius 3 is 1.87 bits per heavy atom. The first kappa shape index (κ1) is 12.9. The molecular weight excluding hydrogens is 191 g/mol. The van der Waals surface area contributed by atoms with E-state index < -0.39 is 6.17 Å². The van der Waals surface area contributed by atoms with E-state index in [0.717, 1.165) is 12.5 Å². The third-order valence-electron chi connectivity index (χ3n) is 3.72. The maximum atomic E-state index is 12.4. The quantitative estimate of drug-likeness (QED) is 0.612. The smallest absolute Gasteiger partial charge is 0.114 e. The van der Waals surface area contributed by atoms with Crippen molar-refractivity contribution < 1.29 is 4.39 Å². The fourth-order valence-corrected chi connectivity index (χ4v) is 2.19. The third kappa shape index (κ3) is 4.07. The van der Waals surface area contributed by atoms with Gasteiger partial charge in [-0.3, -0.25) is 0 Å². The zero-order chi connectivity index (χ0) is 11.4. The van der Waals surface area contributed by atoms with Gasteiger partial charge in [-0.2, -0.15) is 0 Å². The Morgan fingerprint density at radius 2 is 1.73 bits per heavy atom. The summed E-state index contributed by atoms with van der Waals surface area (Å²) in [7, 11) is 4.15. The zero-order valence-corrected chi connectivity index (χ0v) is 10.5. The van der Waals surface area contributed by atoms with E-state index in [1.54, 1.807) is 0 Å². The molecule has 0 saturated carbocycles. The monoisotopic (exact) mass is 216 g/mol. The summed E-state index contributed by atoms with van der Waals surface area (Å²) < 4.78 is 12.4. The largest absolute Gasteiger partial charge is 0.304 e.